The molecule has 0 spiro atoms. The molecule has 3 heterocycles. The van der Waals surface area contributed by atoms with Crippen LogP contribution in [-0.2, 0) is 16.0 Å². The monoisotopic (exact) mass is 509 g/mol. The second kappa shape index (κ2) is 11.4. The number of pyridine rings is 1. The Hall–Kier alpha value is -3.33. The van der Waals surface area contributed by atoms with Crippen molar-refractivity contribution in [1.82, 2.24) is 14.8 Å². The van der Waals surface area contributed by atoms with E-state index in [4.69, 9.17) is 33.8 Å². The molecule has 1 aliphatic heterocycles. The first-order chi connectivity index (χ1) is 18.1. The van der Waals surface area contributed by atoms with Crippen LogP contribution in [0.25, 0.3) is 11.0 Å². The first kappa shape index (κ1) is 25.3. The van der Waals surface area contributed by atoms with Crippen LogP contribution < -0.4 is 14.2 Å². The molecule has 9 heteroatoms. The number of hydrogen-bond acceptors (Lipinski definition) is 8. The van der Waals surface area contributed by atoms with Crippen molar-refractivity contribution in [2.24, 2.45) is 5.92 Å². The van der Waals surface area contributed by atoms with Crippen LogP contribution in [0.4, 0.5) is 0 Å². The number of fused-ring (bicyclic) bond motifs is 1. The predicted molar refractivity (Wildman–Crippen MR) is 138 cm³/mol. The number of nitrogens with zero attached hydrogens (tertiary/aromatic N) is 3. The van der Waals surface area contributed by atoms with E-state index < -0.39 is 5.97 Å². The number of aromatic nitrogens is 3. The maximum absolute atomic E-state index is 12.8. The average Bonchev–Trinajstić information content (AvgIpc) is 3.24. The zero-order valence-corrected chi connectivity index (χ0v) is 21.8. The molecular formula is C28H35N3O6. The molecule has 2 aliphatic rings. The predicted octanol–water partition coefficient (Wildman–Crippen LogP) is 4.75. The van der Waals surface area contributed by atoms with Gasteiger partial charge in [0.25, 0.3) is 0 Å². The highest BCUT2D eigenvalue weighted by atomic mass is 16.5. The fraction of sp³-hybridized carbons (Fsp3) is 0.536. The topological polar surface area (TPSA) is 93.9 Å². The van der Waals surface area contributed by atoms with Gasteiger partial charge in [0, 0.05) is 36.8 Å². The summed E-state index contributed by atoms with van der Waals surface area (Å²) in [6.45, 7) is 4.55. The molecule has 198 valence electrons. The van der Waals surface area contributed by atoms with E-state index in [2.05, 4.69) is 0 Å². The van der Waals surface area contributed by atoms with Crippen LogP contribution in [0.1, 0.15) is 66.7 Å². The van der Waals surface area contributed by atoms with E-state index in [9.17, 15) is 4.79 Å². The summed E-state index contributed by atoms with van der Waals surface area (Å²) in [5.74, 6) is 2.35. The van der Waals surface area contributed by atoms with Crippen LogP contribution in [0.2, 0.25) is 0 Å². The standard InChI is InChI=1S/C28H35N3O6/c1-4-36-28(32)22-15-24(37-17-18-10-12-35-13-11-18)25-26(19-6-5-7-19)30-31(27(25)29-22)16-20-8-9-21(33-2)14-23(20)34-3/h8-9,14-15,18-19H,4-7,10-13,16-17H2,1-3H3. The van der Waals surface area contributed by atoms with Gasteiger partial charge in [0.15, 0.2) is 11.3 Å². The van der Waals surface area contributed by atoms with E-state index in [-0.39, 0.29) is 12.3 Å². The van der Waals surface area contributed by atoms with Crippen molar-refractivity contribution in [3.05, 3.63) is 41.2 Å². The number of rotatable bonds is 10. The van der Waals surface area contributed by atoms with Gasteiger partial charge in [-0.1, -0.05) is 6.42 Å². The minimum Gasteiger partial charge on any atom is -0.497 e. The summed E-state index contributed by atoms with van der Waals surface area (Å²) >= 11 is 0. The van der Waals surface area contributed by atoms with Crippen molar-refractivity contribution in [3.63, 3.8) is 0 Å². The van der Waals surface area contributed by atoms with Gasteiger partial charge in [-0.05, 0) is 50.7 Å². The number of hydrogen-bond donors (Lipinski definition) is 0. The largest absolute Gasteiger partial charge is 0.497 e. The highest BCUT2D eigenvalue weighted by Crippen LogP contribution is 2.42. The highest BCUT2D eigenvalue weighted by Gasteiger charge is 2.30. The maximum atomic E-state index is 12.8. The van der Waals surface area contributed by atoms with Crippen molar-refractivity contribution in [2.75, 3.05) is 40.6 Å². The maximum Gasteiger partial charge on any atom is 0.357 e. The second-order valence-corrected chi connectivity index (χ2v) is 9.64. The smallest absolute Gasteiger partial charge is 0.357 e. The Morgan fingerprint density at radius 3 is 2.57 bits per heavy atom. The second-order valence-electron chi connectivity index (χ2n) is 9.64. The van der Waals surface area contributed by atoms with E-state index >= 15 is 0 Å². The summed E-state index contributed by atoms with van der Waals surface area (Å²) in [6, 6.07) is 7.44. The lowest BCUT2D eigenvalue weighted by Gasteiger charge is -2.25. The molecule has 1 saturated carbocycles. The fourth-order valence-electron chi connectivity index (χ4n) is 4.93. The minimum absolute atomic E-state index is 0.222. The minimum atomic E-state index is -0.472. The van der Waals surface area contributed by atoms with Gasteiger partial charge >= 0.3 is 5.97 Å². The molecular weight excluding hydrogens is 474 g/mol. The van der Waals surface area contributed by atoms with E-state index in [1.165, 1.54) is 6.42 Å². The summed E-state index contributed by atoms with van der Waals surface area (Å²) < 4.78 is 30.1. The summed E-state index contributed by atoms with van der Waals surface area (Å²) in [5, 5.41) is 5.93. The molecule has 2 aromatic heterocycles. The number of benzene rings is 1. The number of carbonyl (C=O) groups excluding carboxylic acids is 1. The molecule has 0 bridgehead atoms. The molecule has 0 amide bonds. The van der Waals surface area contributed by atoms with E-state index in [0.29, 0.717) is 47.9 Å². The molecule has 3 aromatic rings. The Bertz CT molecular complexity index is 1250. The normalized spacial score (nSPS) is 16.4. The van der Waals surface area contributed by atoms with Gasteiger partial charge < -0.3 is 23.7 Å². The summed E-state index contributed by atoms with van der Waals surface area (Å²) in [6.07, 6.45) is 5.27. The average molecular weight is 510 g/mol. The molecule has 0 atom stereocenters. The molecule has 1 aromatic carbocycles. The zero-order chi connectivity index (χ0) is 25.8. The Kier molecular flexibility index (Phi) is 7.79. The van der Waals surface area contributed by atoms with Crippen molar-refractivity contribution >= 4 is 17.0 Å². The Balaban J connectivity index is 1.59. The summed E-state index contributed by atoms with van der Waals surface area (Å²) in [5.41, 5.74) is 2.76. The molecule has 0 unspecified atom stereocenters. The van der Waals surface area contributed by atoms with Crippen LogP contribution in [0, 0.1) is 5.92 Å². The molecule has 1 saturated heterocycles. The van der Waals surface area contributed by atoms with Gasteiger partial charge in [-0.25, -0.2) is 14.5 Å². The van der Waals surface area contributed by atoms with Crippen molar-refractivity contribution in [2.45, 2.75) is 51.5 Å². The van der Waals surface area contributed by atoms with Crippen molar-refractivity contribution in [3.8, 4) is 17.2 Å². The van der Waals surface area contributed by atoms with Crippen molar-refractivity contribution < 1.29 is 28.5 Å². The molecule has 1 aliphatic carbocycles. The third kappa shape index (κ3) is 5.37. The lowest BCUT2D eigenvalue weighted by molar-refractivity contribution is 0.0496. The van der Waals surface area contributed by atoms with Crippen LogP contribution in [0.15, 0.2) is 24.3 Å². The summed E-state index contributed by atoms with van der Waals surface area (Å²) in [7, 11) is 3.27. The first-order valence-electron chi connectivity index (χ1n) is 13.1. The fourth-order valence-corrected chi connectivity index (χ4v) is 4.93. The lowest BCUT2D eigenvalue weighted by atomic mass is 9.82. The number of methoxy groups -OCH3 is 2. The molecule has 37 heavy (non-hydrogen) atoms. The van der Waals surface area contributed by atoms with Crippen molar-refractivity contribution in [1.29, 1.82) is 0 Å². The van der Waals surface area contributed by atoms with Gasteiger partial charge in [-0.2, -0.15) is 5.10 Å². The van der Waals surface area contributed by atoms with E-state index in [1.54, 1.807) is 27.2 Å². The van der Waals surface area contributed by atoms with Crippen LogP contribution in [-0.4, -0.2) is 61.4 Å². The van der Waals surface area contributed by atoms with Gasteiger partial charge in [0.2, 0.25) is 0 Å². The zero-order valence-electron chi connectivity index (χ0n) is 21.8. The highest BCUT2D eigenvalue weighted by molar-refractivity contribution is 5.94. The van der Waals surface area contributed by atoms with Gasteiger partial charge in [-0.3, -0.25) is 0 Å². The molecule has 0 radical (unpaired) electrons. The third-order valence-corrected chi connectivity index (χ3v) is 7.30. The lowest BCUT2D eigenvalue weighted by Crippen LogP contribution is -2.21. The third-order valence-electron chi connectivity index (χ3n) is 7.30. The number of carbonyl (C=O) groups is 1. The first-order valence-corrected chi connectivity index (χ1v) is 13.1. The molecule has 9 nitrogen and oxygen atoms in total. The number of esters is 1. The summed E-state index contributed by atoms with van der Waals surface area (Å²) in [4.78, 5) is 17.5. The number of ether oxygens (including phenoxy) is 5. The van der Waals surface area contributed by atoms with Gasteiger partial charge in [0.05, 0.1) is 45.1 Å². The molecule has 0 N–H and O–H groups in total. The Morgan fingerprint density at radius 1 is 1.08 bits per heavy atom. The quantitative estimate of drug-likeness (QED) is 0.362. The van der Waals surface area contributed by atoms with Gasteiger partial charge in [-0.15, -0.1) is 0 Å². The SMILES string of the molecule is CCOC(=O)c1cc(OCC2CCOCC2)c2c(C3CCC3)nn(Cc3ccc(OC)cc3OC)c2n1. The van der Waals surface area contributed by atoms with E-state index in [0.717, 1.165) is 55.5 Å². The molecule has 5 rings (SSSR count). The Labute approximate surface area is 217 Å². The van der Waals surface area contributed by atoms with E-state index in [1.807, 2.05) is 22.9 Å². The van der Waals surface area contributed by atoms with Crippen LogP contribution in [0.5, 0.6) is 17.2 Å². The van der Waals surface area contributed by atoms with Gasteiger partial charge in [0.1, 0.15) is 17.2 Å². The van der Waals surface area contributed by atoms with Crippen LogP contribution in [0.3, 0.4) is 0 Å². The van der Waals surface area contributed by atoms with Crippen LogP contribution >= 0.6 is 0 Å². The molecule has 2 fully saturated rings. The Morgan fingerprint density at radius 2 is 1.89 bits per heavy atom.